The molecule has 2 heterocycles. The summed E-state index contributed by atoms with van der Waals surface area (Å²) in [7, 11) is -7.70. The van der Waals surface area contributed by atoms with Gasteiger partial charge in [-0.2, -0.15) is 8.42 Å². The van der Waals surface area contributed by atoms with Crippen LogP contribution in [-0.4, -0.2) is 59.4 Å². The Morgan fingerprint density at radius 3 is 2.65 bits per heavy atom. The van der Waals surface area contributed by atoms with Gasteiger partial charge in [0.15, 0.2) is 5.82 Å². The fourth-order valence-electron chi connectivity index (χ4n) is 3.43. The van der Waals surface area contributed by atoms with E-state index < -0.39 is 55.2 Å². The Morgan fingerprint density at radius 1 is 1.29 bits per heavy atom. The first-order valence-corrected chi connectivity index (χ1v) is 12.4. The van der Waals surface area contributed by atoms with Crippen LogP contribution < -0.4 is 13.7 Å². The van der Waals surface area contributed by atoms with Gasteiger partial charge in [0, 0.05) is 11.9 Å². The normalized spacial score (nSPS) is 18.9. The zero-order valence-corrected chi connectivity index (χ0v) is 17.8. The molecule has 2 aromatic rings. The monoisotopic (exact) mass is 473 g/mol. The smallest absolute Gasteiger partial charge is 0.326 e. The maximum absolute atomic E-state index is 15.2. The molecule has 13 heteroatoms. The molecule has 1 amide bonds. The molecule has 3 N–H and O–H groups in total. The second-order valence-electron chi connectivity index (χ2n) is 7.35. The number of benzene rings is 2. The zero-order valence-electron chi connectivity index (χ0n) is 16.2. The van der Waals surface area contributed by atoms with Crippen LogP contribution >= 0.6 is 0 Å². The molecule has 0 unspecified atom stereocenters. The number of aryl methyl sites for hydroxylation is 1. The summed E-state index contributed by atoms with van der Waals surface area (Å²) in [6, 6.07) is 6.03. The number of carbonyl (C=O) groups excluding carboxylic acids is 1. The minimum absolute atomic E-state index is 0.0760. The van der Waals surface area contributed by atoms with E-state index in [0.29, 0.717) is 28.1 Å². The van der Waals surface area contributed by atoms with Crippen LogP contribution in [0.4, 0.5) is 10.1 Å². The van der Waals surface area contributed by atoms with Gasteiger partial charge >= 0.3 is 10.2 Å². The molecule has 0 spiro atoms. The van der Waals surface area contributed by atoms with E-state index in [-0.39, 0.29) is 25.1 Å². The molecule has 0 saturated carbocycles. The van der Waals surface area contributed by atoms with Crippen molar-refractivity contribution in [3.05, 3.63) is 35.6 Å². The molecule has 0 aliphatic carbocycles. The summed E-state index contributed by atoms with van der Waals surface area (Å²) < 4.78 is 72.9. The average molecular weight is 474 g/mol. The molecule has 0 radical (unpaired) electrons. The van der Waals surface area contributed by atoms with Crippen molar-refractivity contribution in [2.24, 2.45) is 0 Å². The molecule has 2 aromatic carbocycles. The van der Waals surface area contributed by atoms with Crippen LogP contribution in [0.3, 0.4) is 0 Å². The van der Waals surface area contributed by atoms with Crippen LogP contribution in [0.25, 0.3) is 10.8 Å². The summed E-state index contributed by atoms with van der Waals surface area (Å²) in [6.07, 6.45) is 0.904. The lowest BCUT2D eigenvalue weighted by atomic mass is 10.0. The van der Waals surface area contributed by atoms with Gasteiger partial charge in [0.25, 0.3) is 5.91 Å². The van der Waals surface area contributed by atoms with Gasteiger partial charge in [0.1, 0.15) is 23.2 Å². The second-order valence-corrected chi connectivity index (χ2v) is 11.0. The Labute approximate surface area is 178 Å². The van der Waals surface area contributed by atoms with Gasteiger partial charge in [0.05, 0.1) is 13.2 Å². The first-order valence-electron chi connectivity index (χ1n) is 9.42. The lowest BCUT2D eigenvalue weighted by molar-refractivity contribution is -0.117. The number of phenolic OH excluding ortho intramolecular Hbond substituents is 1. The van der Waals surface area contributed by atoms with Gasteiger partial charge in [-0.05, 0) is 35.9 Å². The van der Waals surface area contributed by atoms with Crippen molar-refractivity contribution in [1.29, 1.82) is 0 Å². The van der Waals surface area contributed by atoms with Gasteiger partial charge < -0.3 is 9.84 Å². The predicted octanol–water partition coefficient (Wildman–Crippen LogP) is 0.116. The number of hydrogen-bond acceptors (Lipinski definition) is 7. The number of ether oxygens (including phenoxy) is 1. The number of amides is 1. The molecule has 2 saturated heterocycles. The van der Waals surface area contributed by atoms with Crippen molar-refractivity contribution in [3.8, 4) is 5.75 Å². The largest absolute Gasteiger partial charge is 0.506 e. The molecule has 31 heavy (non-hydrogen) atoms. The van der Waals surface area contributed by atoms with E-state index in [1.807, 2.05) is 0 Å². The number of hydrogen-bond donors (Lipinski definition) is 3. The second kappa shape index (κ2) is 7.89. The number of anilines is 1. The number of nitrogens with zero attached hydrogens (tertiary/aromatic N) is 1. The van der Waals surface area contributed by atoms with Gasteiger partial charge in [-0.15, -0.1) is 0 Å². The fraction of sp³-hybridized carbons (Fsp3) is 0.389. The number of carbonyl (C=O) groups is 1. The van der Waals surface area contributed by atoms with E-state index in [9.17, 15) is 26.7 Å². The first kappa shape index (κ1) is 21.7. The van der Waals surface area contributed by atoms with Crippen molar-refractivity contribution in [1.82, 2.24) is 9.44 Å². The Bertz CT molecular complexity index is 1260. The highest BCUT2D eigenvalue weighted by atomic mass is 32.2. The standard InChI is InChI=1S/C18H20FN3O7S2/c19-17-14-6-11(2-1-5-20-30(25,26)13-9-29-10-13)3-4-12(14)7-15(23)18(17)22-8-16(24)21-31(22,27)28/h3-4,6-7,13,20,23H,1-2,5,8-10H2,(H,21,24). The van der Waals surface area contributed by atoms with Crippen LogP contribution in [0.5, 0.6) is 5.75 Å². The number of rotatable bonds is 7. The van der Waals surface area contributed by atoms with E-state index in [0.717, 1.165) is 0 Å². The molecular weight excluding hydrogens is 453 g/mol. The van der Waals surface area contributed by atoms with E-state index in [1.165, 1.54) is 12.1 Å². The maximum Gasteiger partial charge on any atom is 0.326 e. The van der Waals surface area contributed by atoms with Gasteiger partial charge in [-0.3, -0.25) is 4.79 Å². The Balaban J connectivity index is 1.54. The lowest BCUT2D eigenvalue weighted by Gasteiger charge is -2.25. The molecule has 0 aromatic heterocycles. The number of sulfonamides is 1. The van der Waals surface area contributed by atoms with Crippen molar-refractivity contribution >= 4 is 42.6 Å². The van der Waals surface area contributed by atoms with Gasteiger partial charge in [0.2, 0.25) is 10.0 Å². The topological polar surface area (TPSA) is 142 Å². The SMILES string of the molecule is O=C1CN(c2c(O)cc3ccc(CCCNS(=O)(=O)C4COC4)cc3c2F)S(=O)(=O)N1. The Morgan fingerprint density at radius 2 is 2.03 bits per heavy atom. The van der Waals surface area contributed by atoms with Crippen LogP contribution in [0.15, 0.2) is 24.3 Å². The van der Waals surface area contributed by atoms with E-state index in [2.05, 4.69) is 4.72 Å². The maximum atomic E-state index is 15.2. The molecule has 2 aliphatic heterocycles. The molecule has 10 nitrogen and oxygen atoms in total. The molecule has 4 rings (SSSR count). The van der Waals surface area contributed by atoms with E-state index in [1.54, 1.807) is 16.9 Å². The summed E-state index contributed by atoms with van der Waals surface area (Å²) in [5.41, 5.74) is 0.103. The van der Waals surface area contributed by atoms with Gasteiger partial charge in [-0.25, -0.2) is 26.6 Å². The minimum Gasteiger partial charge on any atom is -0.506 e. The van der Waals surface area contributed by atoms with Gasteiger partial charge in [-0.1, -0.05) is 12.1 Å². The van der Waals surface area contributed by atoms with Crippen molar-refractivity contribution < 1.29 is 35.9 Å². The Hall–Kier alpha value is -2.48. The van der Waals surface area contributed by atoms with Crippen molar-refractivity contribution in [2.45, 2.75) is 18.1 Å². The third kappa shape index (κ3) is 4.18. The molecule has 2 aliphatic rings. The quantitative estimate of drug-likeness (QED) is 0.485. The van der Waals surface area contributed by atoms with Crippen LogP contribution in [-0.2, 0) is 36.2 Å². The summed E-state index contributed by atoms with van der Waals surface area (Å²) in [5, 5.41) is 10.1. The number of phenols is 1. The molecular formula is C18H20FN3O7S2. The summed E-state index contributed by atoms with van der Waals surface area (Å²) in [5.74, 6) is -2.40. The molecule has 168 valence electrons. The highest BCUT2D eigenvalue weighted by molar-refractivity contribution is 7.92. The third-order valence-corrected chi connectivity index (χ3v) is 8.29. The van der Waals surface area contributed by atoms with Crippen LogP contribution in [0.2, 0.25) is 0 Å². The molecule has 2 fully saturated rings. The average Bonchev–Trinajstić information content (AvgIpc) is 2.89. The number of fused-ring (bicyclic) bond motifs is 1. The summed E-state index contributed by atoms with van der Waals surface area (Å²) in [4.78, 5) is 11.5. The number of halogens is 1. The van der Waals surface area contributed by atoms with E-state index in [4.69, 9.17) is 4.74 Å². The predicted molar refractivity (Wildman–Crippen MR) is 110 cm³/mol. The van der Waals surface area contributed by atoms with Crippen LogP contribution in [0.1, 0.15) is 12.0 Å². The number of nitrogens with one attached hydrogen (secondary N) is 2. The van der Waals surface area contributed by atoms with Crippen LogP contribution in [0, 0.1) is 5.82 Å². The van der Waals surface area contributed by atoms with Crippen molar-refractivity contribution in [2.75, 3.05) is 30.6 Å². The first-order chi connectivity index (χ1) is 14.6. The number of aromatic hydroxyl groups is 1. The molecule has 0 atom stereocenters. The minimum atomic E-state index is -4.29. The third-order valence-electron chi connectivity index (χ3n) is 5.16. The zero-order chi connectivity index (χ0) is 22.4. The van der Waals surface area contributed by atoms with E-state index >= 15 is 4.39 Å². The highest BCUT2D eigenvalue weighted by Gasteiger charge is 2.38. The molecule has 0 bridgehead atoms. The van der Waals surface area contributed by atoms with Crippen molar-refractivity contribution in [3.63, 3.8) is 0 Å². The summed E-state index contributed by atoms with van der Waals surface area (Å²) >= 11 is 0. The fourth-order valence-corrected chi connectivity index (χ4v) is 5.81. The summed E-state index contributed by atoms with van der Waals surface area (Å²) in [6.45, 7) is -0.0607. The lowest BCUT2D eigenvalue weighted by Crippen LogP contribution is -2.47. The highest BCUT2D eigenvalue weighted by Crippen LogP contribution is 2.38. The Kier molecular flexibility index (Phi) is 5.54.